The van der Waals surface area contributed by atoms with Gasteiger partial charge in [0.25, 0.3) is 0 Å². The van der Waals surface area contributed by atoms with Crippen molar-refractivity contribution in [1.29, 1.82) is 0 Å². The molecule has 1 fully saturated rings. The lowest BCUT2D eigenvalue weighted by Gasteiger charge is -2.29. The predicted octanol–water partition coefficient (Wildman–Crippen LogP) is 3.85. The van der Waals surface area contributed by atoms with Crippen molar-refractivity contribution in [2.24, 2.45) is 5.92 Å². The first kappa shape index (κ1) is 16.4. The van der Waals surface area contributed by atoms with Gasteiger partial charge in [-0.2, -0.15) is 0 Å². The van der Waals surface area contributed by atoms with E-state index in [1.807, 2.05) is 11.8 Å². The third-order valence-corrected chi connectivity index (χ3v) is 4.16. The van der Waals surface area contributed by atoms with Gasteiger partial charge in [0.2, 0.25) is 0 Å². The molecule has 1 heterocycles. The number of hydrogen-bond acceptors (Lipinski definition) is 2. The molecular weight excluding hydrogens is 309 g/mol. The summed E-state index contributed by atoms with van der Waals surface area (Å²) in [5.41, 5.74) is 0.626. The van der Waals surface area contributed by atoms with Gasteiger partial charge in [0.05, 0.1) is 0 Å². The molecule has 0 atom stereocenters. The molecule has 6 heteroatoms. The van der Waals surface area contributed by atoms with Crippen LogP contribution in [0.3, 0.4) is 0 Å². The monoisotopic (exact) mass is 329 g/mol. The van der Waals surface area contributed by atoms with Crippen LogP contribution in [0, 0.1) is 5.92 Å². The molecule has 1 aliphatic heterocycles. The zero-order valence-corrected chi connectivity index (χ0v) is 13.7. The zero-order chi connectivity index (χ0) is 15.2. The first-order valence-corrected chi connectivity index (χ1v) is 8.07. The second kappa shape index (κ2) is 7.87. The van der Waals surface area contributed by atoms with Gasteiger partial charge in [-0.25, -0.2) is 4.79 Å². The maximum Gasteiger partial charge on any atom is 0.321 e. The van der Waals surface area contributed by atoms with E-state index in [4.69, 9.17) is 23.2 Å². The van der Waals surface area contributed by atoms with Crippen molar-refractivity contribution in [1.82, 2.24) is 10.2 Å². The third-order valence-electron chi connectivity index (χ3n) is 3.72. The summed E-state index contributed by atoms with van der Waals surface area (Å²) in [7, 11) is 0. The molecule has 1 saturated heterocycles. The molecule has 0 radical (unpaired) electrons. The van der Waals surface area contributed by atoms with Gasteiger partial charge in [0.1, 0.15) is 0 Å². The summed E-state index contributed by atoms with van der Waals surface area (Å²) in [6.45, 7) is 5.54. The maximum atomic E-state index is 12.4. The van der Waals surface area contributed by atoms with Crippen molar-refractivity contribution in [2.75, 3.05) is 31.5 Å². The van der Waals surface area contributed by atoms with E-state index in [9.17, 15) is 4.79 Å². The summed E-state index contributed by atoms with van der Waals surface area (Å²) in [4.78, 5) is 14.2. The van der Waals surface area contributed by atoms with Gasteiger partial charge in [0, 0.05) is 28.8 Å². The van der Waals surface area contributed by atoms with Gasteiger partial charge in [-0.1, -0.05) is 23.2 Å². The van der Waals surface area contributed by atoms with E-state index in [2.05, 4.69) is 10.6 Å². The molecule has 0 unspecified atom stereocenters. The molecule has 116 valence electrons. The van der Waals surface area contributed by atoms with E-state index < -0.39 is 0 Å². The second-order valence-corrected chi connectivity index (χ2v) is 6.19. The Morgan fingerprint density at radius 3 is 2.48 bits per heavy atom. The topological polar surface area (TPSA) is 44.4 Å². The highest BCUT2D eigenvalue weighted by Gasteiger charge is 2.19. The van der Waals surface area contributed by atoms with E-state index in [-0.39, 0.29) is 6.03 Å². The Hall–Kier alpha value is -0.970. The molecule has 1 aliphatic rings. The van der Waals surface area contributed by atoms with Gasteiger partial charge in [0.15, 0.2) is 0 Å². The smallest absolute Gasteiger partial charge is 0.321 e. The highest BCUT2D eigenvalue weighted by Crippen LogP contribution is 2.23. The standard InChI is InChI=1S/C15H21Cl2N3O/c1-2-20(10-11-3-5-18-6-4-11)15(21)19-14-8-12(16)7-13(17)9-14/h7-9,11,18H,2-6,10H2,1H3,(H,19,21). The van der Waals surface area contributed by atoms with Gasteiger partial charge < -0.3 is 15.5 Å². The average molecular weight is 330 g/mol. The van der Waals surface area contributed by atoms with E-state index in [1.165, 1.54) is 0 Å². The fourth-order valence-corrected chi connectivity index (χ4v) is 3.09. The van der Waals surface area contributed by atoms with Crippen LogP contribution in [0.15, 0.2) is 18.2 Å². The number of anilines is 1. The van der Waals surface area contributed by atoms with Crippen LogP contribution in [-0.4, -0.2) is 37.1 Å². The summed E-state index contributed by atoms with van der Waals surface area (Å²) >= 11 is 11.9. The molecule has 1 aromatic rings. The lowest BCUT2D eigenvalue weighted by atomic mass is 9.98. The normalized spacial score (nSPS) is 15.8. The quantitative estimate of drug-likeness (QED) is 0.881. The van der Waals surface area contributed by atoms with Gasteiger partial charge in [-0.05, 0) is 57.0 Å². The number of nitrogens with one attached hydrogen (secondary N) is 2. The van der Waals surface area contributed by atoms with Crippen LogP contribution in [0.1, 0.15) is 19.8 Å². The van der Waals surface area contributed by atoms with Crippen molar-refractivity contribution in [3.63, 3.8) is 0 Å². The van der Waals surface area contributed by atoms with E-state index in [0.29, 0.717) is 28.2 Å². The third kappa shape index (κ3) is 5.06. The van der Waals surface area contributed by atoms with E-state index in [1.54, 1.807) is 18.2 Å². The number of carbonyl (C=O) groups is 1. The van der Waals surface area contributed by atoms with Crippen LogP contribution in [0.5, 0.6) is 0 Å². The minimum Gasteiger partial charge on any atom is -0.325 e. The summed E-state index contributed by atoms with van der Waals surface area (Å²) in [6.07, 6.45) is 2.24. The summed E-state index contributed by atoms with van der Waals surface area (Å²) < 4.78 is 0. The number of amides is 2. The Morgan fingerprint density at radius 1 is 1.29 bits per heavy atom. The highest BCUT2D eigenvalue weighted by atomic mass is 35.5. The summed E-state index contributed by atoms with van der Waals surface area (Å²) in [6, 6.07) is 4.94. The number of urea groups is 1. The van der Waals surface area contributed by atoms with Crippen molar-refractivity contribution < 1.29 is 4.79 Å². The van der Waals surface area contributed by atoms with Crippen LogP contribution >= 0.6 is 23.2 Å². The fourth-order valence-electron chi connectivity index (χ4n) is 2.56. The molecule has 0 bridgehead atoms. The molecule has 1 aromatic carbocycles. The van der Waals surface area contributed by atoms with Crippen molar-refractivity contribution in [3.8, 4) is 0 Å². The van der Waals surface area contributed by atoms with Crippen LogP contribution in [-0.2, 0) is 0 Å². The molecule has 2 N–H and O–H groups in total. The average Bonchev–Trinajstić information content (AvgIpc) is 2.44. The molecule has 2 amide bonds. The maximum absolute atomic E-state index is 12.4. The Bertz CT molecular complexity index is 470. The first-order chi connectivity index (χ1) is 10.1. The summed E-state index contributed by atoms with van der Waals surface area (Å²) in [5.74, 6) is 0.569. The number of rotatable bonds is 4. The number of carbonyl (C=O) groups excluding carboxylic acids is 1. The van der Waals surface area contributed by atoms with Crippen LogP contribution in [0.2, 0.25) is 10.0 Å². The van der Waals surface area contributed by atoms with Crippen LogP contribution < -0.4 is 10.6 Å². The van der Waals surface area contributed by atoms with E-state index in [0.717, 1.165) is 32.5 Å². The predicted molar refractivity (Wildman–Crippen MR) is 88.3 cm³/mol. The van der Waals surface area contributed by atoms with Gasteiger partial charge in [-0.3, -0.25) is 0 Å². The Labute approximate surface area is 135 Å². The Kier molecular flexibility index (Phi) is 6.15. The number of hydrogen-bond donors (Lipinski definition) is 2. The number of halogens is 2. The van der Waals surface area contributed by atoms with Crippen LogP contribution in [0.25, 0.3) is 0 Å². The number of nitrogens with zero attached hydrogens (tertiary/aromatic N) is 1. The molecule has 4 nitrogen and oxygen atoms in total. The minimum atomic E-state index is -0.102. The number of benzene rings is 1. The minimum absolute atomic E-state index is 0.102. The van der Waals surface area contributed by atoms with Gasteiger partial charge in [-0.15, -0.1) is 0 Å². The van der Waals surface area contributed by atoms with Crippen molar-refractivity contribution in [2.45, 2.75) is 19.8 Å². The lowest BCUT2D eigenvalue weighted by Crippen LogP contribution is -2.41. The first-order valence-electron chi connectivity index (χ1n) is 7.31. The molecule has 0 spiro atoms. The fraction of sp³-hybridized carbons (Fsp3) is 0.533. The second-order valence-electron chi connectivity index (χ2n) is 5.32. The van der Waals surface area contributed by atoms with E-state index >= 15 is 0 Å². The van der Waals surface area contributed by atoms with Crippen LogP contribution in [0.4, 0.5) is 10.5 Å². The van der Waals surface area contributed by atoms with Crippen molar-refractivity contribution in [3.05, 3.63) is 28.2 Å². The Balaban J connectivity index is 1.95. The SMILES string of the molecule is CCN(CC1CCNCC1)C(=O)Nc1cc(Cl)cc(Cl)c1. The van der Waals surface area contributed by atoms with Crippen molar-refractivity contribution >= 4 is 34.9 Å². The molecule has 21 heavy (non-hydrogen) atoms. The molecule has 0 aromatic heterocycles. The molecule has 0 saturated carbocycles. The highest BCUT2D eigenvalue weighted by molar-refractivity contribution is 6.35. The Morgan fingerprint density at radius 2 is 1.90 bits per heavy atom. The largest absolute Gasteiger partial charge is 0.325 e. The lowest BCUT2D eigenvalue weighted by molar-refractivity contribution is 0.196. The number of piperidine rings is 1. The summed E-state index contributed by atoms with van der Waals surface area (Å²) in [5, 5.41) is 7.23. The molecular formula is C15H21Cl2N3O. The van der Waals surface area contributed by atoms with Gasteiger partial charge >= 0.3 is 6.03 Å². The molecule has 2 rings (SSSR count). The molecule has 0 aliphatic carbocycles. The zero-order valence-electron chi connectivity index (χ0n) is 12.2.